The number of aliphatic imine (C=N–C) groups is 1. The molecule has 186 valence electrons. The molecule has 0 spiro atoms. The molecule has 0 radical (unpaired) electrons. The summed E-state index contributed by atoms with van der Waals surface area (Å²) >= 11 is 1.10. The second-order valence-electron chi connectivity index (χ2n) is 8.48. The van der Waals surface area contributed by atoms with Gasteiger partial charge in [-0.05, 0) is 68.0 Å². The second kappa shape index (κ2) is 9.96. The van der Waals surface area contributed by atoms with Gasteiger partial charge >= 0.3 is 0 Å². The second-order valence-corrected chi connectivity index (χ2v) is 11.0. The van der Waals surface area contributed by atoms with Crippen LogP contribution in [0, 0.1) is 33.5 Å². The first-order valence-corrected chi connectivity index (χ1v) is 13.5. The van der Waals surface area contributed by atoms with Crippen LogP contribution in [-0.2, 0) is 14.8 Å². The first kappa shape index (κ1) is 25.2. The zero-order valence-corrected chi connectivity index (χ0v) is 21.6. The van der Waals surface area contributed by atoms with Gasteiger partial charge in [0.05, 0.1) is 34.4 Å². The van der Waals surface area contributed by atoms with Gasteiger partial charge in [0.25, 0.3) is 10.0 Å². The zero-order chi connectivity index (χ0) is 25.3. The SMILES string of the molecule is Cc1cc(C)c(N2CCOCC2)c(C)c1N=C([O-])c1sccc1NS(=O)(=O)c1cccc(F)c1C. The highest BCUT2D eigenvalue weighted by molar-refractivity contribution is 7.92. The third-order valence-electron chi connectivity index (χ3n) is 6.04. The van der Waals surface area contributed by atoms with E-state index in [1.165, 1.54) is 31.2 Å². The Morgan fingerprint density at radius 2 is 1.83 bits per heavy atom. The van der Waals surface area contributed by atoms with Gasteiger partial charge in [-0.3, -0.25) is 9.71 Å². The van der Waals surface area contributed by atoms with Gasteiger partial charge in [-0.2, -0.15) is 0 Å². The molecule has 2 aromatic carbocycles. The number of aryl methyl sites for hydroxylation is 2. The summed E-state index contributed by atoms with van der Waals surface area (Å²) in [5.41, 5.74) is 4.59. The van der Waals surface area contributed by atoms with E-state index in [1.807, 2.05) is 26.8 Å². The first-order chi connectivity index (χ1) is 16.6. The molecular formula is C25H27FN3O4S2-. The maximum Gasteiger partial charge on any atom is 0.262 e. The van der Waals surface area contributed by atoms with E-state index in [0.717, 1.165) is 46.8 Å². The van der Waals surface area contributed by atoms with Crippen molar-refractivity contribution in [3.63, 3.8) is 0 Å². The van der Waals surface area contributed by atoms with Crippen molar-refractivity contribution in [2.24, 2.45) is 4.99 Å². The average molecular weight is 517 g/mol. The van der Waals surface area contributed by atoms with E-state index in [1.54, 1.807) is 5.38 Å². The maximum atomic E-state index is 13.9. The van der Waals surface area contributed by atoms with Crippen LogP contribution in [0.2, 0.25) is 0 Å². The number of morpholine rings is 1. The van der Waals surface area contributed by atoms with Crippen molar-refractivity contribution in [1.29, 1.82) is 0 Å². The van der Waals surface area contributed by atoms with Gasteiger partial charge < -0.3 is 14.7 Å². The lowest BCUT2D eigenvalue weighted by Gasteiger charge is -2.32. The Labute approximate surface area is 209 Å². The van der Waals surface area contributed by atoms with Crippen molar-refractivity contribution < 1.29 is 22.7 Å². The Bertz CT molecular complexity index is 1390. The van der Waals surface area contributed by atoms with Gasteiger partial charge in [-0.15, -0.1) is 11.3 Å². The van der Waals surface area contributed by atoms with Gasteiger partial charge in [-0.25, -0.2) is 12.8 Å². The van der Waals surface area contributed by atoms with Crippen molar-refractivity contribution in [2.75, 3.05) is 35.9 Å². The number of hydrogen-bond acceptors (Lipinski definition) is 7. The number of benzene rings is 2. The van der Waals surface area contributed by atoms with Gasteiger partial charge in [0.15, 0.2) is 0 Å². The van der Waals surface area contributed by atoms with Crippen LogP contribution in [-0.4, -0.2) is 40.6 Å². The molecule has 0 aliphatic carbocycles. The highest BCUT2D eigenvalue weighted by Crippen LogP contribution is 2.37. The summed E-state index contributed by atoms with van der Waals surface area (Å²) in [6, 6.07) is 7.37. The summed E-state index contributed by atoms with van der Waals surface area (Å²) < 4.78 is 47.7. The van der Waals surface area contributed by atoms with Crippen LogP contribution in [0.1, 0.15) is 27.1 Å². The fourth-order valence-electron chi connectivity index (χ4n) is 4.40. The Morgan fingerprint density at radius 3 is 2.54 bits per heavy atom. The van der Waals surface area contributed by atoms with Gasteiger partial charge in [0.1, 0.15) is 5.82 Å². The van der Waals surface area contributed by atoms with Crippen LogP contribution >= 0.6 is 11.3 Å². The summed E-state index contributed by atoms with van der Waals surface area (Å²) in [6.07, 6.45) is 0. The van der Waals surface area contributed by atoms with E-state index in [-0.39, 0.29) is 21.0 Å². The van der Waals surface area contributed by atoms with E-state index in [4.69, 9.17) is 4.74 Å². The van der Waals surface area contributed by atoms with Crippen LogP contribution in [0.3, 0.4) is 0 Å². The highest BCUT2D eigenvalue weighted by atomic mass is 32.2. The summed E-state index contributed by atoms with van der Waals surface area (Å²) in [6.45, 7) is 10.1. The smallest absolute Gasteiger partial charge is 0.262 e. The predicted octanol–water partition coefficient (Wildman–Crippen LogP) is 4.20. The van der Waals surface area contributed by atoms with Crippen molar-refractivity contribution in [1.82, 2.24) is 0 Å². The first-order valence-electron chi connectivity index (χ1n) is 11.1. The van der Waals surface area contributed by atoms with Crippen molar-refractivity contribution in [3.8, 4) is 0 Å². The number of halogens is 1. The number of nitrogens with one attached hydrogen (secondary N) is 1. The van der Waals surface area contributed by atoms with Crippen molar-refractivity contribution in [3.05, 3.63) is 68.7 Å². The van der Waals surface area contributed by atoms with E-state index >= 15 is 0 Å². The molecule has 7 nitrogen and oxygen atoms in total. The van der Waals surface area contributed by atoms with Crippen LogP contribution in [0.15, 0.2) is 45.6 Å². The molecule has 2 heterocycles. The predicted molar refractivity (Wildman–Crippen MR) is 136 cm³/mol. The van der Waals surface area contributed by atoms with Crippen molar-refractivity contribution >= 4 is 44.3 Å². The minimum Gasteiger partial charge on any atom is -0.858 e. The third-order valence-corrected chi connectivity index (χ3v) is 8.45. The fraction of sp³-hybridized carbons (Fsp3) is 0.320. The number of ether oxygens (including phenoxy) is 1. The average Bonchev–Trinajstić information content (AvgIpc) is 3.26. The molecule has 0 amide bonds. The molecule has 1 fully saturated rings. The molecule has 0 bridgehead atoms. The number of hydrogen-bond donors (Lipinski definition) is 1. The summed E-state index contributed by atoms with van der Waals surface area (Å²) in [5, 5.41) is 14.8. The molecule has 3 aromatic rings. The molecular weight excluding hydrogens is 489 g/mol. The topological polar surface area (TPSA) is 94.1 Å². The Kier molecular flexibility index (Phi) is 7.16. The van der Waals surface area contributed by atoms with Crippen molar-refractivity contribution in [2.45, 2.75) is 32.6 Å². The lowest BCUT2D eigenvalue weighted by atomic mass is 10.0. The molecule has 0 saturated carbocycles. The van der Waals surface area contributed by atoms with Gasteiger partial charge in [0, 0.05) is 30.2 Å². The fourth-order valence-corrected chi connectivity index (χ4v) is 6.52. The Balaban J connectivity index is 1.70. The third kappa shape index (κ3) is 5.05. The summed E-state index contributed by atoms with van der Waals surface area (Å²) in [4.78, 5) is 6.63. The van der Waals surface area contributed by atoms with Crippen LogP contribution in [0.25, 0.3) is 0 Å². The number of rotatable bonds is 6. The van der Waals surface area contributed by atoms with E-state index in [9.17, 15) is 17.9 Å². The van der Waals surface area contributed by atoms with Crippen LogP contribution in [0.5, 0.6) is 0 Å². The highest BCUT2D eigenvalue weighted by Gasteiger charge is 2.22. The minimum absolute atomic E-state index is 0.00865. The molecule has 35 heavy (non-hydrogen) atoms. The molecule has 10 heteroatoms. The summed E-state index contributed by atoms with van der Waals surface area (Å²) in [7, 11) is -4.10. The summed E-state index contributed by atoms with van der Waals surface area (Å²) in [5.74, 6) is -1.16. The maximum absolute atomic E-state index is 13.9. The van der Waals surface area contributed by atoms with Crippen LogP contribution in [0.4, 0.5) is 21.5 Å². The van der Waals surface area contributed by atoms with E-state index < -0.39 is 21.7 Å². The standard InChI is InChI=1S/C25H28FN3O4S2/c1-15-14-16(2)23(29-9-11-33-12-10-29)18(4)22(15)27-25(30)24-20(8-13-34-24)28-35(31,32)21-7-5-6-19(26)17(21)3/h5-8,13-14,28H,9-12H2,1-4H3,(H,27,30)/p-1. The number of nitrogens with zero attached hydrogens (tertiary/aromatic N) is 2. The minimum atomic E-state index is -4.10. The normalized spacial score (nSPS) is 14.9. The molecule has 1 aliphatic heterocycles. The Hall–Kier alpha value is -2.95. The quantitative estimate of drug-likeness (QED) is 0.392. The van der Waals surface area contributed by atoms with Gasteiger partial charge in [-0.1, -0.05) is 12.1 Å². The molecule has 0 unspecified atom stereocenters. The Morgan fingerprint density at radius 1 is 1.11 bits per heavy atom. The molecule has 4 rings (SSSR count). The van der Waals surface area contributed by atoms with Gasteiger partial charge in [0.2, 0.25) is 0 Å². The van der Waals surface area contributed by atoms with E-state index in [2.05, 4.69) is 14.6 Å². The lowest BCUT2D eigenvalue weighted by molar-refractivity contribution is -0.212. The molecule has 1 aliphatic rings. The lowest BCUT2D eigenvalue weighted by Crippen LogP contribution is -2.37. The number of anilines is 2. The zero-order valence-electron chi connectivity index (χ0n) is 20.0. The number of sulfonamides is 1. The molecule has 1 saturated heterocycles. The van der Waals surface area contributed by atoms with E-state index in [0.29, 0.717) is 18.9 Å². The number of thiophene rings is 1. The monoisotopic (exact) mass is 516 g/mol. The van der Waals surface area contributed by atoms with Crippen LogP contribution < -0.4 is 14.7 Å². The molecule has 1 aromatic heterocycles. The largest absolute Gasteiger partial charge is 0.858 e. The molecule has 1 N–H and O–H groups in total. The molecule has 0 atom stereocenters.